The largest absolute Gasteiger partial charge is 0.483 e. The lowest BCUT2D eigenvalue weighted by Crippen LogP contribution is -2.14. The van der Waals surface area contributed by atoms with Gasteiger partial charge in [0.15, 0.2) is 6.61 Å². The second-order valence-corrected chi connectivity index (χ2v) is 4.56. The maximum atomic E-state index is 5.80. The van der Waals surface area contributed by atoms with Crippen LogP contribution in [0.2, 0.25) is 0 Å². The van der Waals surface area contributed by atoms with Gasteiger partial charge in [-0.05, 0) is 32.5 Å². The number of nitrogens with one attached hydrogen (secondary N) is 1. The van der Waals surface area contributed by atoms with Crippen molar-refractivity contribution in [3.8, 4) is 5.75 Å². The highest BCUT2D eigenvalue weighted by atomic mass is 16.5. The van der Waals surface area contributed by atoms with Crippen molar-refractivity contribution in [2.24, 2.45) is 0 Å². The summed E-state index contributed by atoms with van der Waals surface area (Å²) in [5.41, 5.74) is 2.27. The normalized spacial score (nSPS) is 12.4. The Morgan fingerprint density at radius 1 is 1.32 bits per heavy atom. The zero-order chi connectivity index (χ0) is 13.8. The number of aromatic nitrogens is 2. The Kier molecular flexibility index (Phi) is 4.16. The van der Waals surface area contributed by atoms with E-state index in [1.54, 1.807) is 6.92 Å². The van der Waals surface area contributed by atoms with Crippen molar-refractivity contribution in [2.45, 2.75) is 33.4 Å². The summed E-state index contributed by atoms with van der Waals surface area (Å²) in [7, 11) is 1.93. The van der Waals surface area contributed by atoms with Gasteiger partial charge in [0.2, 0.25) is 5.89 Å². The molecule has 1 aromatic carbocycles. The average molecular weight is 261 g/mol. The van der Waals surface area contributed by atoms with E-state index in [9.17, 15) is 0 Å². The lowest BCUT2D eigenvalue weighted by atomic mass is 10.1. The second kappa shape index (κ2) is 5.84. The van der Waals surface area contributed by atoms with Crippen molar-refractivity contribution in [3.05, 3.63) is 41.1 Å². The Morgan fingerprint density at radius 2 is 2.11 bits per heavy atom. The van der Waals surface area contributed by atoms with Crippen molar-refractivity contribution in [1.82, 2.24) is 15.5 Å². The molecule has 1 heterocycles. The molecule has 1 unspecified atom stereocenters. The van der Waals surface area contributed by atoms with Crippen molar-refractivity contribution in [3.63, 3.8) is 0 Å². The summed E-state index contributed by atoms with van der Waals surface area (Å²) in [6.07, 6.45) is 0. The van der Waals surface area contributed by atoms with Gasteiger partial charge in [0.25, 0.3) is 5.89 Å². The predicted molar refractivity (Wildman–Crippen MR) is 72.0 cm³/mol. The highest BCUT2D eigenvalue weighted by Gasteiger charge is 2.11. The average Bonchev–Trinajstić information content (AvgIpc) is 2.81. The standard InChI is InChI=1S/C14H19N3O2/c1-9-5-6-12(10(2)15-4)13(7-9)18-8-14-17-16-11(3)19-14/h5-7,10,15H,8H2,1-4H3. The topological polar surface area (TPSA) is 60.2 Å². The fourth-order valence-electron chi connectivity index (χ4n) is 1.82. The van der Waals surface area contributed by atoms with Crippen LogP contribution in [-0.4, -0.2) is 17.2 Å². The smallest absolute Gasteiger partial charge is 0.253 e. The van der Waals surface area contributed by atoms with E-state index in [0.29, 0.717) is 11.8 Å². The molecular formula is C14H19N3O2. The lowest BCUT2D eigenvalue weighted by molar-refractivity contribution is 0.256. The first-order chi connectivity index (χ1) is 9.10. The summed E-state index contributed by atoms with van der Waals surface area (Å²) in [4.78, 5) is 0. The molecule has 1 atom stereocenters. The first-order valence-corrected chi connectivity index (χ1v) is 6.29. The van der Waals surface area contributed by atoms with Crippen LogP contribution in [0.4, 0.5) is 0 Å². The molecule has 1 aromatic heterocycles. The number of ether oxygens (including phenoxy) is 1. The molecule has 19 heavy (non-hydrogen) atoms. The number of hydrogen-bond acceptors (Lipinski definition) is 5. The molecule has 2 rings (SSSR count). The third-order valence-corrected chi connectivity index (χ3v) is 2.99. The van der Waals surface area contributed by atoms with E-state index < -0.39 is 0 Å². The predicted octanol–water partition coefficient (Wildman–Crippen LogP) is 2.55. The molecule has 0 spiro atoms. The van der Waals surface area contributed by atoms with Gasteiger partial charge in [-0.25, -0.2) is 0 Å². The van der Waals surface area contributed by atoms with Gasteiger partial charge in [-0.1, -0.05) is 12.1 Å². The molecule has 2 aromatic rings. The quantitative estimate of drug-likeness (QED) is 0.896. The first kappa shape index (κ1) is 13.5. The Morgan fingerprint density at radius 3 is 2.74 bits per heavy atom. The molecule has 0 aliphatic heterocycles. The Labute approximate surface area is 113 Å². The monoisotopic (exact) mass is 261 g/mol. The first-order valence-electron chi connectivity index (χ1n) is 6.29. The van der Waals surface area contributed by atoms with E-state index in [2.05, 4.69) is 34.6 Å². The lowest BCUT2D eigenvalue weighted by Gasteiger charge is -2.16. The Bertz CT molecular complexity index is 551. The van der Waals surface area contributed by atoms with Gasteiger partial charge >= 0.3 is 0 Å². The van der Waals surface area contributed by atoms with Crippen LogP contribution in [0.5, 0.6) is 5.75 Å². The minimum Gasteiger partial charge on any atom is -0.483 e. The van der Waals surface area contributed by atoms with Crippen molar-refractivity contribution < 1.29 is 9.15 Å². The van der Waals surface area contributed by atoms with Gasteiger partial charge in [-0.2, -0.15) is 0 Å². The summed E-state index contributed by atoms with van der Waals surface area (Å²) in [6, 6.07) is 6.39. The van der Waals surface area contributed by atoms with E-state index in [0.717, 1.165) is 16.9 Å². The van der Waals surface area contributed by atoms with Crippen LogP contribution >= 0.6 is 0 Å². The summed E-state index contributed by atoms with van der Waals surface area (Å²) >= 11 is 0. The second-order valence-electron chi connectivity index (χ2n) is 4.56. The molecule has 0 fully saturated rings. The fraction of sp³-hybridized carbons (Fsp3) is 0.429. The minimum atomic E-state index is 0.222. The zero-order valence-corrected chi connectivity index (χ0v) is 11.7. The van der Waals surface area contributed by atoms with Crippen LogP contribution in [0.25, 0.3) is 0 Å². The fourth-order valence-corrected chi connectivity index (χ4v) is 1.82. The molecule has 1 N–H and O–H groups in total. The summed E-state index contributed by atoms with van der Waals surface area (Å²) in [6.45, 7) is 6.18. The molecule has 0 saturated heterocycles. The SMILES string of the molecule is CNC(C)c1ccc(C)cc1OCc1nnc(C)o1. The van der Waals surface area contributed by atoms with E-state index in [4.69, 9.17) is 9.15 Å². The molecule has 0 amide bonds. The van der Waals surface area contributed by atoms with Crippen LogP contribution < -0.4 is 10.1 Å². The summed E-state index contributed by atoms with van der Waals surface area (Å²) < 4.78 is 11.1. The summed E-state index contributed by atoms with van der Waals surface area (Å²) in [5, 5.41) is 10.9. The Hall–Kier alpha value is -1.88. The van der Waals surface area contributed by atoms with E-state index in [-0.39, 0.29) is 12.6 Å². The van der Waals surface area contributed by atoms with Crippen LogP contribution in [0, 0.1) is 13.8 Å². The van der Waals surface area contributed by atoms with Crippen LogP contribution in [0.3, 0.4) is 0 Å². The van der Waals surface area contributed by atoms with Crippen LogP contribution in [0.1, 0.15) is 35.9 Å². The molecule has 0 aliphatic carbocycles. The van der Waals surface area contributed by atoms with Gasteiger partial charge in [0.1, 0.15) is 5.75 Å². The van der Waals surface area contributed by atoms with Gasteiger partial charge in [-0.3, -0.25) is 0 Å². The molecule has 102 valence electrons. The third-order valence-electron chi connectivity index (χ3n) is 2.99. The van der Waals surface area contributed by atoms with Gasteiger partial charge in [-0.15, -0.1) is 10.2 Å². The van der Waals surface area contributed by atoms with Gasteiger partial charge < -0.3 is 14.5 Å². The number of rotatable bonds is 5. The highest BCUT2D eigenvalue weighted by molar-refractivity contribution is 5.39. The zero-order valence-electron chi connectivity index (χ0n) is 11.7. The molecule has 0 saturated carbocycles. The molecule has 5 heteroatoms. The maximum absolute atomic E-state index is 5.80. The van der Waals surface area contributed by atoms with E-state index >= 15 is 0 Å². The van der Waals surface area contributed by atoms with Crippen LogP contribution in [-0.2, 0) is 6.61 Å². The minimum absolute atomic E-state index is 0.222. The van der Waals surface area contributed by atoms with Crippen molar-refractivity contribution >= 4 is 0 Å². The summed E-state index contributed by atoms with van der Waals surface area (Å²) in [5.74, 6) is 1.88. The van der Waals surface area contributed by atoms with Crippen molar-refractivity contribution in [1.29, 1.82) is 0 Å². The molecule has 5 nitrogen and oxygen atoms in total. The van der Waals surface area contributed by atoms with Crippen molar-refractivity contribution in [2.75, 3.05) is 7.05 Å². The molecule has 0 bridgehead atoms. The number of hydrogen-bond donors (Lipinski definition) is 1. The number of nitrogens with zero attached hydrogens (tertiary/aromatic N) is 2. The number of benzene rings is 1. The molecule has 0 radical (unpaired) electrons. The number of aryl methyl sites for hydroxylation is 2. The maximum Gasteiger partial charge on any atom is 0.253 e. The van der Waals surface area contributed by atoms with Gasteiger partial charge in [0, 0.05) is 18.5 Å². The van der Waals surface area contributed by atoms with E-state index in [1.165, 1.54) is 0 Å². The van der Waals surface area contributed by atoms with Gasteiger partial charge in [0.05, 0.1) is 0 Å². The van der Waals surface area contributed by atoms with Crippen LogP contribution in [0.15, 0.2) is 22.6 Å². The molecular weight excluding hydrogens is 242 g/mol. The third kappa shape index (κ3) is 3.32. The van der Waals surface area contributed by atoms with E-state index in [1.807, 2.05) is 20.0 Å². The highest BCUT2D eigenvalue weighted by Crippen LogP contribution is 2.26. The molecule has 0 aliphatic rings. The Balaban J connectivity index is 2.16.